The van der Waals surface area contributed by atoms with Gasteiger partial charge >= 0.3 is 0 Å². The topological polar surface area (TPSA) is 66.8 Å². The Hall–Kier alpha value is -2.50. The van der Waals surface area contributed by atoms with Crippen LogP contribution in [0.2, 0.25) is 0 Å². The summed E-state index contributed by atoms with van der Waals surface area (Å²) in [5.74, 6) is 0.581. The highest BCUT2D eigenvalue weighted by Gasteiger charge is 2.25. The fourth-order valence-electron chi connectivity index (χ4n) is 4.86. The summed E-state index contributed by atoms with van der Waals surface area (Å²) < 4.78 is 5.40. The lowest BCUT2D eigenvalue weighted by atomic mass is 9.95. The third-order valence-corrected chi connectivity index (χ3v) is 6.83. The lowest BCUT2D eigenvalue weighted by molar-refractivity contribution is 0.00359. The number of aliphatic hydroxyl groups excluding tert-OH is 1. The molecule has 2 aliphatic rings. The Labute approximate surface area is 190 Å². The van der Waals surface area contributed by atoms with E-state index in [9.17, 15) is 14.7 Å². The Bertz CT molecular complexity index is 914. The predicted molar refractivity (Wildman–Crippen MR) is 124 cm³/mol. The van der Waals surface area contributed by atoms with Crippen molar-refractivity contribution in [2.24, 2.45) is 5.92 Å². The monoisotopic (exact) mass is 435 g/mol. The minimum atomic E-state index is -0.452. The standard InChI is InChI=1S/C27H33NO4/c1-19-18-32-15-14-28(19)27(31)22-9-7-21(8-10-22)26(30)13-12-25(29)11-6-20-16-23-4-2-3-5-24(23)17-20/h2-5,7-10,19-20,25,29H,6,11-18H2,1H3/t19-,25-/m0/s1. The summed E-state index contributed by atoms with van der Waals surface area (Å²) in [7, 11) is 0. The van der Waals surface area contributed by atoms with Gasteiger partial charge in [-0.25, -0.2) is 0 Å². The third kappa shape index (κ3) is 5.45. The molecule has 1 heterocycles. The van der Waals surface area contributed by atoms with Crippen LogP contribution in [-0.4, -0.2) is 53.6 Å². The largest absolute Gasteiger partial charge is 0.393 e. The SMILES string of the molecule is C[C@H]1COCCN1C(=O)c1ccc(C(=O)CC[C@@H](O)CCC2Cc3ccccc3C2)cc1. The molecule has 32 heavy (non-hydrogen) atoms. The molecular formula is C27H33NO4. The van der Waals surface area contributed by atoms with Gasteiger partial charge in [0.25, 0.3) is 5.91 Å². The number of ketones is 1. The van der Waals surface area contributed by atoms with Crippen molar-refractivity contribution in [3.63, 3.8) is 0 Å². The van der Waals surface area contributed by atoms with Crippen molar-refractivity contribution in [1.29, 1.82) is 0 Å². The van der Waals surface area contributed by atoms with E-state index < -0.39 is 6.10 Å². The number of aliphatic hydroxyl groups is 1. The average Bonchev–Trinajstić information content (AvgIpc) is 3.24. The van der Waals surface area contributed by atoms with Crippen LogP contribution in [0.4, 0.5) is 0 Å². The maximum Gasteiger partial charge on any atom is 0.254 e. The number of ether oxygens (including phenoxy) is 1. The fourth-order valence-corrected chi connectivity index (χ4v) is 4.86. The fraction of sp³-hybridized carbons (Fsp3) is 0.481. The zero-order valence-electron chi connectivity index (χ0n) is 18.8. The molecule has 170 valence electrons. The zero-order chi connectivity index (χ0) is 22.5. The van der Waals surface area contributed by atoms with Gasteiger partial charge in [0.2, 0.25) is 0 Å². The molecule has 0 spiro atoms. The number of amides is 1. The molecule has 1 aliphatic carbocycles. The number of Topliss-reactive ketones (excluding diaryl/α,β-unsaturated/α-hetero) is 1. The number of carbonyl (C=O) groups excluding carboxylic acids is 2. The highest BCUT2D eigenvalue weighted by Crippen LogP contribution is 2.30. The Morgan fingerprint density at radius 1 is 1.03 bits per heavy atom. The molecule has 1 amide bonds. The number of rotatable bonds is 8. The minimum Gasteiger partial charge on any atom is -0.393 e. The van der Waals surface area contributed by atoms with E-state index in [1.165, 1.54) is 11.1 Å². The van der Waals surface area contributed by atoms with Crippen LogP contribution in [0.1, 0.15) is 64.4 Å². The smallest absolute Gasteiger partial charge is 0.254 e. The third-order valence-electron chi connectivity index (χ3n) is 6.83. The van der Waals surface area contributed by atoms with E-state index in [0.717, 1.165) is 25.7 Å². The second-order valence-corrected chi connectivity index (χ2v) is 9.24. The Kier molecular flexibility index (Phi) is 7.38. The van der Waals surface area contributed by atoms with Gasteiger partial charge in [0, 0.05) is 24.1 Å². The lowest BCUT2D eigenvalue weighted by Gasteiger charge is -2.33. The van der Waals surface area contributed by atoms with Gasteiger partial charge in [0.05, 0.1) is 25.4 Å². The van der Waals surface area contributed by atoms with Gasteiger partial charge in [-0.05, 0) is 68.2 Å². The van der Waals surface area contributed by atoms with Crippen LogP contribution in [-0.2, 0) is 17.6 Å². The summed E-state index contributed by atoms with van der Waals surface area (Å²) >= 11 is 0. The second kappa shape index (κ2) is 10.4. The van der Waals surface area contributed by atoms with E-state index in [0.29, 0.717) is 49.6 Å². The average molecular weight is 436 g/mol. The van der Waals surface area contributed by atoms with Crippen LogP contribution in [0.3, 0.4) is 0 Å². The van der Waals surface area contributed by atoms with E-state index in [-0.39, 0.29) is 17.7 Å². The van der Waals surface area contributed by atoms with Crippen LogP contribution in [0.25, 0.3) is 0 Å². The summed E-state index contributed by atoms with van der Waals surface area (Å²) in [5, 5.41) is 10.4. The van der Waals surface area contributed by atoms with E-state index in [1.54, 1.807) is 24.3 Å². The molecule has 0 radical (unpaired) electrons. The minimum absolute atomic E-state index is 0.0102. The van der Waals surface area contributed by atoms with Gasteiger partial charge in [-0.1, -0.05) is 36.4 Å². The van der Waals surface area contributed by atoms with Crippen molar-refractivity contribution >= 4 is 11.7 Å². The first-order chi connectivity index (χ1) is 15.5. The van der Waals surface area contributed by atoms with Crippen molar-refractivity contribution in [1.82, 2.24) is 4.90 Å². The second-order valence-electron chi connectivity index (χ2n) is 9.24. The molecule has 0 saturated carbocycles. The summed E-state index contributed by atoms with van der Waals surface area (Å²) in [4.78, 5) is 27.1. The first-order valence-corrected chi connectivity index (χ1v) is 11.8. The molecule has 0 bridgehead atoms. The molecule has 5 nitrogen and oxygen atoms in total. The van der Waals surface area contributed by atoms with Crippen molar-refractivity contribution in [2.75, 3.05) is 19.8 Å². The highest BCUT2D eigenvalue weighted by molar-refractivity contribution is 5.98. The maximum atomic E-state index is 12.7. The molecule has 2 atom stereocenters. The Balaban J connectivity index is 1.21. The molecule has 1 fully saturated rings. The van der Waals surface area contributed by atoms with Crippen molar-refractivity contribution < 1.29 is 19.4 Å². The Morgan fingerprint density at radius 3 is 2.34 bits per heavy atom. The molecule has 1 N–H and O–H groups in total. The van der Waals surface area contributed by atoms with Gasteiger partial charge in [-0.2, -0.15) is 0 Å². The molecule has 4 rings (SSSR count). The van der Waals surface area contributed by atoms with E-state index in [4.69, 9.17) is 4.74 Å². The Morgan fingerprint density at radius 2 is 1.69 bits per heavy atom. The van der Waals surface area contributed by atoms with Crippen molar-refractivity contribution in [2.45, 2.75) is 57.6 Å². The van der Waals surface area contributed by atoms with Gasteiger partial charge in [-0.15, -0.1) is 0 Å². The van der Waals surface area contributed by atoms with Crippen LogP contribution in [0.15, 0.2) is 48.5 Å². The molecule has 2 aromatic carbocycles. The molecule has 0 unspecified atom stereocenters. The van der Waals surface area contributed by atoms with Gasteiger partial charge < -0.3 is 14.7 Å². The lowest BCUT2D eigenvalue weighted by Crippen LogP contribution is -2.47. The van der Waals surface area contributed by atoms with Gasteiger partial charge in [0.1, 0.15) is 0 Å². The zero-order valence-corrected chi connectivity index (χ0v) is 18.8. The number of fused-ring (bicyclic) bond motifs is 1. The molecule has 1 aliphatic heterocycles. The highest BCUT2D eigenvalue weighted by atomic mass is 16.5. The van der Waals surface area contributed by atoms with E-state index >= 15 is 0 Å². The number of hydrogen-bond donors (Lipinski definition) is 1. The number of benzene rings is 2. The van der Waals surface area contributed by atoms with E-state index in [1.807, 2.05) is 11.8 Å². The number of morpholine rings is 1. The van der Waals surface area contributed by atoms with Gasteiger partial charge in [0.15, 0.2) is 5.78 Å². The van der Waals surface area contributed by atoms with Crippen molar-refractivity contribution in [3.05, 3.63) is 70.8 Å². The number of hydrogen-bond acceptors (Lipinski definition) is 4. The summed E-state index contributed by atoms with van der Waals surface area (Å²) in [6.45, 7) is 3.68. The first kappa shape index (κ1) is 22.7. The molecule has 2 aromatic rings. The number of nitrogens with zero attached hydrogens (tertiary/aromatic N) is 1. The van der Waals surface area contributed by atoms with Crippen LogP contribution in [0, 0.1) is 5.92 Å². The number of carbonyl (C=O) groups is 2. The van der Waals surface area contributed by atoms with Gasteiger partial charge in [-0.3, -0.25) is 9.59 Å². The summed E-state index contributed by atoms with van der Waals surface area (Å²) in [5.41, 5.74) is 4.06. The summed E-state index contributed by atoms with van der Waals surface area (Å²) in [6, 6.07) is 15.5. The van der Waals surface area contributed by atoms with Crippen LogP contribution >= 0.6 is 0 Å². The molecular weight excluding hydrogens is 402 g/mol. The quantitative estimate of drug-likeness (QED) is 0.635. The molecule has 5 heteroatoms. The van der Waals surface area contributed by atoms with E-state index in [2.05, 4.69) is 24.3 Å². The molecule has 0 aromatic heterocycles. The maximum absolute atomic E-state index is 12.7. The predicted octanol–water partition coefficient (Wildman–Crippen LogP) is 4.07. The molecule has 1 saturated heterocycles. The van der Waals surface area contributed by atoms with Crippen LogP contribution < -0.4 is 0 Å². The van der Waals surface area contributed by atoms with Crippen molar-refractivity contribution in [3.8, 4) is 0 Å². The first-order valence-electron chi connectivity index (χ1n) is 11.8. The van der Waals surface area contributed by atoms with Crippen LogP contribution in [0.5, 0.6) is 0 Å². The summed E-state index contributed by atoms with van der Waals surface area (Å²) in [6.07, 6.45) is 4.25. The normalized spacial score (nSPS) is 19.6.